The summed E-state index contributed by atoms with van der Waals surface area (Å²) in [6.07, 6.45) is -0.450. The predicted molar refractivity (Wildman–Crippen MR) is 147 cm³/mol. The first-order valence-corrected chi connectivity index (χ1v) is 12.4. The van der Waals surface area contributed by atoms with Gasteiger partial charge in [-0.05, 0) is 60.4 Å². The van der Waals surface area contributed by atoms with Crippen LogP contribution in [0.5, 0.6) is 0 Å². The molecule has 0 aromatic heterocycles. The molecule has 4 rings (SSSR count). The minimum Gasteiger partial charge on any atom is -0.388 e. The van der Waals surface area contributed by atoms with Gasteiger partial charge in [0, 0.05) is 0 Å². The summed E-state index contributed by atoms with van der Waals surface area (Å²) in [4.78, 5) is 26.1. The maximum Gasteiger partial charge on any atom is 0.230 e. The van der Waals surface area contributed by atoms with Crippen molar-refractivity contribution in [3.05, 3.63) is 96.1 Å². The van der Waals surface area contributed by atoms with Gasteiger partial charge in [-0.15, -0.1) is 0 Å². The summed E-state index contributed by atoms with van der Waals surface area (Å²) in [5.74, 6) is -1.05. The minimum atomic E-state index is -1.28. The van der Waals surface area contributed by atoms with Crippen molar-refractivity contribution in [2.24, 2.45) is 0 Å². The van der Waals surface area contributed by atoms with Gasteiger partial charge in [0.15, 0.2) is 0 Å². The lowest BCUT2D eigenvalue weighted by Crippen LogP contribution is -2.46. The van der Waals surface area contributed by atoms with E-state index in [-0.39, 0.29) is 0 Å². The average Bonchev–Trinajstić information content (AvgIpc) is 2.84. The Labute approximate surface area is 217 Å². The molecule has 37 heavy (non-hydrogen) atoms. The van der Waals surface area contributed by atoms with E-state index in [2.05, 4.69) is 10.6 Å². The second kappa shape index (κ2) is 10.3. The zero-order valence-corrected chi connectivity index (χ0v) is 21.7. The van der Waals surface area contributed by atoms with Crippen LogP contribution in [0.1, 0.15) is 57.3 Å². The van der Waals surface area contributed by atoms with Gasteiger partial charge in [0.2, 0.25) is 11.8 Å². The minimum absolute atomic E-state index is 0.450. The van der Waals surface area contributed by atoms with E-state index < -0.39 is 41.5 Å². The highest BCUT2D eigenvalue weighted by atomic mass is 16.3. The van der Waals surface area contributed by atoms with Gasteiger partial charge in [0.25, 0.3) is 0 Å². The van der Waals surface area contributed by atoms with Crippen molar-refractivity contribution in [2.45, 2.75) is 57.4 Å². The first-order chi connectivity index (χ1) is 17.4. The van der Waals surface area contributed by atoms with Gasteiger partial charge in [-0.1, -0.05) is 84.9 Å². The van der Waals surface area contributed by atoms with Crippen LogP contribution in [0, 0.1) is 0 Å². The van der Waals surface area contributed by atoms with E-state index in [1.165, 1.54) is 0 Å². The molecule has 0 fully saturated rings. The Kier molecular flexibility index (Phi) is 7.35. The summed E-state index contributed by atoms with van der Waals surface area (Å²) in [5.41, 5.74) is -1.03. The maximum atomic E-state index is 13.1. The number of aliphatic hydroxyl groups is 2. The van der Waals surface area contributed by atoms with E-state index in [9.17, 15) is 19.8 Å². The Morgan fingerprint density at radius 3 is 1.35 bits per heavy atom. The van der Waals surface area contributed by atoms with Crippen LogP contribution >= 0.6 is 0 Å². The summed E-state index contributed by atoms with van der Waals surface area (Å²) in [6, 6.07) is 25.5. The average molecular weight is 499 g/mol. The van der Waals surface area contributed by atoms with Crippen LogP contribution < -0.4 is 10.6 Å². The second-order valence-corrected chi connectivity index (χ2v) is 10.6. The van der Waals surface area contributed by atoms with Crippen molar-refractivity contribution >= 4 is 33.4 Å². The van der Waals surface area contributed by atoms with Gasteiger partial charge in [0.1, 0.15) is 6.42 Å². The van der Waals surface area contributed by atoms with E-state index in [1.54, 1.807) is 27.7 Å². The SMILES string of the molecule is CC(C)(O)C(NC(=O)CC(=O)NC(c1cccc2ccccc12)C(C)(C)O)c1cccc2ccccc12. The van der Waals surface area contributed by atoms with Gasteiger partial charge in [-0.2, -0.15) is 0 Å². The molecule has 0 aliphatic heterocycles. The fraction of sp³-hybridized carbons (Fsp3) is 0.290. The Hall–Kier alpha value is -3.74. The van der Waals surface area contributed by atoms with Crippen LogP contribution in [0.2, 0.25) is 0 Å². The molecule has 2 atom stereocenters. The standard InChI is InChI=1S/C31H34N2O4/c1-30(2,36)28(24-17-9-13-20-11-5-7-15-22(20)24)32-26(34)19-27(35)33-29(31(3,4)37)25-18-10-14-21-12-6-8-16-23(21)25/h5-18,28-29,36-37H,19H2,1-4H3,(H,32,34)(H,33,35). The molecule has 0 spiro atoms. The van der Waals surface area contributed by atoms with E-state index in [0.29, 0.717) is 0 Å². The lowest BCUT2D eigenvalue weighted by molar-refractivity contribution is -0.132. The summed E-state index contributed by atoms with van der Waals surface area (Å²) in [7, 11) is 0. The number of hydrogen-bond acceptors (Lipinski definition) is 4. The number of carbonyl (C=O) groups is 2. The smallest absolute Gasteiger partial charge is 0.230 e. The zero-order valence-electron chi connectivity index (χ0n) is 21.7. The van der Waals surface area contributed by atoms with Gasteiger partial charge < -0.3 is 20.8 Å². The van der Waals surface area contributed by atoms with Gasteiger partial charge >= 0.3 is 0 Å². The van der Waals surface area contributed by atoms with Crippen LogP contribution in [0.25, 0.3) is 21.5 Å². The molecule has 0 heterocycles. The molecule has 192 valence electrons. The van der Waals surface area contributed by atoms with Crippen LogP contribution in [-0.2, 0) is 9.59 Å². The third-order valence-electron chi connectivity index (χ3n) is 6.61. The number of rotatable bonds is 8. The van der Waals surface area contributed by atoms with E-state index >= 15 is 0 Å². The van der Waals surface area contributed by atoms with Gasteiger partial charge in [-0.25, -0.2) is 0 Å². The topological polar surface area (TPSA) is 98.7 Å². The third-order valence-corrected chi connectivity index (χ3v) is 6.61. The molecule has 0 bridgehead atoms. The van der Waals surface area contributed by atoms with Crippen LogP contribution in [0.4, 0.5) is 0 Å². The molecule has 0 saturated carbocycles. The molecule has 2 unspecified atom stereocenters. The molecule has 0 saturated heterocycles. The van der Waals surface area contributed by atoms with Crippen molar-refractivity contribution in [1.29, 1.82) is 0 Å². The summed E-state index contributed by atoms with van der Waals surface area (Å²) in [6.45, 7) is 6.52. The highest BCUT2D eigenvalue weighted by Gasteiger charge is 2.34. The zero-order chi connectivity index (χ0) is 26.8. The predicted octanol–water partition coefficient (Wildman–Crippen LogP) is 4.94. The fourth-order valence-electron chi connectivity index (χ4n) is 4.84. The highest BCUT2D eigenvalue weighted by molar-refractivity contribution is 5.98. The second-order valence-electron chi connectivity index (χ2n) is 10.6. The Morgan fingerprint density at radius 2 is 0.973 bits per heavy atom. The number of nitrogens with one attached hydrogen (secondary N) is 2. The molecular weight excluding hydrogens is 464 g/mol. The monoisotopic (exact) mass is 498 g/mol. The number of carbonyl (C=O) groups excluding carboxylic acids is 2. The molecule has 0 aliphatic rings. The van der Waals surface area contributed by atoms with Crippen molar-refractivity contribution in [1.82, 2.24) is 10.6 Å². The van der Waals surface area contributed by atoms with Crippen molar-refractivity contribution < 1.29 is 19.8 Å². The lowest BCUT2D eigenvalue weighted by atomic mass is 9.88. The molecule has 0 aliphatic carbocycles. The molecule has 4 aromatic carbocycles. The quantitative estimate of drug-likeness (QED) is 0.259. The molecule has 2 amide bonds. The number of benzene rings is 4. The summed E-state index contributed by atoms with van der Waals surface area (Å²) < 4.78 is 0. The van der Waals surface area contributed by atoms with Crippen molar-refractivity contribution in [2.75, 3.05) is 0 Å². The molecule has 0 radical (unpaired) electrons. The number of fused-ring (bicyclic) bond motifs is 2. The van der Waals surface area contributed by atoms with Crippen molar-refractivity contribution in [3.8, 4) is 0 Å². The van der Waals surface area contributed by atoms with Crippen LogP contribution in [-0.4, -0.2) is 33.2 Å². The lowest BCUT2D eigenvalue weighted by Gasteiger charge is -2.32. The first-order valence-electron chi connectivity index (χ1n) is 12.4. The normalized spacial score (nSPS) is 13.8. The fourth-order valence-corrected chi connectivity index (χ4v) is 4.84. The van der Waals surface area contributed by atoms with Gasteiger partial charge in [0.05, 0.1) is 23.3 Å². The largest absolute Gasteiger partial charge is 0.388 e. The Balaban J connectivity index is 1.55. The molecule has 6 nitrogen and oxygen atoms in total. The molecule has 6 heteroatoms. The van der Waals surface area contributed by atoms with Crippen molar-refractivity contribution in [3.63, 3.8) is 0 Å². The van der Waals surface area contributed by atoms with Crippen LogP contribution in [0.3, 0.4) is 0 Å². The highest BCUT2D eigenvalue weighted by Crippen LogP contribution is 2.33. The maximum absolute atomic E-state index is 13.1. The van der Waals surface area contributed by atoms with E-state index in [1.807, 2.05) is 84.9 Å². The van der Waals surface area contributed by atoms with Gasteiger partial charge in [-0.3, -0.25) is 9.59 Å². The summed E-state index contributed by atoms with van der Waals surface area (Å²) in [5, 5.41) is 31.4. The molecule has 4 N–H and O–H groups in total. The van der Waals surface area contributed by atoms with Crippen LogP contribution in [0.15, 0.2) is 84.9 Å². The molecule has 4 aromatic rings. The molecular formula is C31H34N2O4. The van der Waals surface area contributed by atoms with E-state index in [4.69, 9.17) is 0 Å². The Morgan fingerprint density at radius 1 is 0.622 bits per heavy atom. The first kappa shape index (κ1) is 26.3. The number of hydrogen-bond donors (Lipinski definition) is 4. The summed E-state index contributed by atoms with van der Waals surface area (Å²) >= 11 is 0. The third kappa shape index (κ3) is 5.98. The number of amides is 2. The van der Waals surface area contributed by atoms with E-state index in [0.717, 1.165) is 32.7 Å². The Bertz CT molecular complexity index is 1310.